The van der Waals surface area contributed by atoms with Gasteiger partial charge in [0.15, 0.2) is 4.87 Å². The van der Waals surface area contributed by atoms with Gasteiger partial charge < -0.3 is 14.6 Å². The van der Waals surface area contributed by atoms with Gasteiger partial charge in [0, 0.05) is 5.57 Å². The van der Waals surface area contributed by atoms with Crippen LogP contribution in [0, 0.1) is 5.92 Å². The van der Waals surface area contributed by atoms with Crippen molar-refractivity contribution in [2.75, 3.05) is 0 Å². The van der Waals surface area contributed by atoms with Crippen molar-refractivity contribution >= 4 is 22.0 Å². The normalized spacial score (nSPS) is 13.9. The number of hydrogen-bond acceptors (Lipinski definition) is 5. The molecule has 0 aliphatic carbocycles. The molecule has 0 saturated heterocycles. The lowest BCUT2D eigenvalue weighted by Gasteiger charge is -2.33. The third-order valence-corrected chi connectivity index (χ3v) is 4.72. The SMILES string of the molecule is C=COS(=O)(=O)C(C=C)(NC(=O)C(=C)CC(=O)O)C(C)C. The van der Waals surface area contributed by atoms with Crippen LogP contribution in [-0.4, -0.2) is 30.3 Å². The summed E-state index contributed by atoms with van der Waals surface area (Å²) in [6, 6.07) is 0. The summed E-state index contributed by atoms with van der Waals surface area (Å²) >= 11 is 0. The molecule has 0 heterocycles. The van der Waals surface area contributed by atoms with Gasteiger partial charge in [-0.2, -0.15) is 8.42 Å². The number of carboxylic acids is 1. The van der Waals surface area contributed by atoms with Gasteiger partial charge in [0.25, 0.3) is 0 Å². The Morgan fingerprint density at radius 1 is 1.38 bits per heavy atom. The fourth-order valence-electron chi connectivity index (χ4n) is 1.58. The predicted molar refractivity (Wildman–Crippen MR) is 77.5 cm³/mol. The fourth-order valence-corrected chi connectivity index (χ4v) is 2.92. The maximum absolute atomic E-state index is 12.2. The van der Waals surface area contributed by atoms with E-state index in [-0.39, 0.29) is 5.57 Å². The first-order valence-corrected chi connectivity index (χ1v) is 7.34. The molecule has 0 aliphatic heterocycles. The number of carbonyl (C=O) groups is 2. The Balaban J connectivity index is 5.62. The fraction of sp³-hybridized carbons (Fsp3) is 0.385. The molecule has 8 heteroatoms. The molecule has 0 saturated carbocycles. The highest BCUT2D eigenvalue weighted by Crippen LogP contribution is 2.28. The van der Waals surface area contributed by atoms with Crippen molar-refractivity contribution in [3.8, 4) is 0 Å². The van der Waals surface area contributed by atoms with E-state index in [0.717, 1.165) is 6.08 Å². The Bertz CT molecular complexity index is 563. The molecule has 21 heavy (non-hydrogen) atoms. The van der Waals surface area contributed by atoms with Crippen LogP contribution in [0.5, 0.6) is 0 Å². The van der Waals surface area contributed by atoms with Crippen molar-refractivity contribution in [3.05, 3.63) is 37.6 Å². The summed E-state index contributed by atoms with van der Waals surface area (Å²) in [5.74, 6) is -2.81. The van der Waals surface area contributed by atoms with Crippen LogP contribution in [0.1, 0.15) is 20.3 Å². The predicted octanol–water partition coefficient (Wildman–Crippen LogP) is 1.16. The molecule has 1 amide bonds. The van der Waals surface area contributed by atoms with E-state index in [2.05, 4.69) is 29.2 Å². The first-order valence-electron chi connectivity index (χ1n) is 5.93. The highest BCUT2D eigenvalue weighted by Gasteiger charge is 2.47. The van der Waals surface area contributed by atoms with Crippen molar-refractivity contribution in [1.82, 2.24) is 5.32 Å². The zero-order chi connectivity index (χ0) is 16.8. The first kappa shape index (κ1) is 18.9. The first-order chi connectivity index (χ1) is 9.54. The van der Waals surface area contributed by atoms with Crippen LogP contribution >= 0.6 is 0 Å². The molecule has 0 aromatic rings. The molecule has 1 unspecified atom stereocenters. The standard InChI is InChI=1S/C13H19NO6S/c1-6-13(9(3)4,21(18,19)20-7-2)14-12(17)10(5)8-11(15)16/h6-7,9H,1-2,5,8H2,3-4H3,(H,14,17)(H,15,16). The monoisotopic (exact) mass is 317 g/mol. The van der Waals surface area contributed by atoms with Gasteiger partial charge in [0.1, 0.15) is 0 Å². The molecular weight excluding hydrogens is 298 g/mol. The van der Waals surface area contributed by atoms with E-state index in [1.807, 2.05) is 0 Å². The topological polar surface area (TPSA) is 110 Å². The molecule has 0 spiro atoms. The van der Waals surface area contributed by atoms with E-state index < -0.39 is 39.2 Å². The summed E-state index contributed by atoms with van der Waals surface area (Å²) in [5.41, 5.74) is -0.289. The van der Waals surface area contributed by atoms with E-state index >= 15 is 0 Å². The minimum Gasteiger partial charge on any atom is -0.481 e. The average Bonchev–Trinajstić information content (AvgIpc) is 2.33. The van der Waals surface area contributed by atoms with Crippen molar-refractivity contribution in [1.29, 1.82) is 0 Å². The van der Waals surface area contributed by atoms with Gasteiger partial charge in [0.05, 0.1) is 12.7 Å². The van der Waals surface area contributed by atoms with Crippen molar-refractivity contribution in [2.24, 2.45) is 5.92 Å². The van der Waals surface area contributed by atoms with Gasteiger partial charge in [-0.3, -0.25) is 9.59 Å². The van der Waals surface area contributed by atoms with Gasteiger partial charge in [-0.15, -0.1) is 0 Å². The summed E-state index contributed by atoms with van der Waals surface area (Å²) in [4.78, 5) is 20.6. The Labute approximate surface area is 124 Å². The Morgan fingerprint density at radius 2 is 1.90 bits per heavy atom. The number of rotatable bonds is 9. The highest BCUT2D eigenvalue weighted by atomic mass is 32.2. The molecule has 2 N–H and O–H groups in total. The minimum absolute atomic E-state index is 0.289. The summed E-state index contributed by atoms with van der Waals surface area (Å²) in [7, 11) is -4.30. The van der Waals surface area contributed by atoms with Crippen LogP contribution in [0.2, 0.25) is 0 Å². The molecule has 1 atom stereocenters. The minimum atomic E-state index is -4.30. The molecule has 118 valence electrons. The zero-order valence-corrected chi connectivity index (χ0v) is 12.8. The largest absolute Gasteiger partial charge is 0.481 e. The molecule has 7 nitrogen and oxygen atoms in total. The highest BCUT2D eigenvalue weighted by molar-refractivity contribution is 7.88. The molecule has 0 aromatic carbocycles. The molecule has 0 aromatic heterocycles. The van der Waals surface area contributed by atoms with Crippen LogP contribution < -0.4 is 5.32 Å². The Morgan fingerprint density at radius 3 is 2.24 bits per heavy atom. The molecular formula is C13H19NO6S. The second kappa shape index (κ2) is 7.07. The smallest absolute Gasteiger partial charge is 0.337 e. The summed E-state index contributed by atoms with van der Waals surface area (Å²) in [6.45, 7) is 13.0. The van der Waals surface area contributed by atoms with Gasteiger partial charge in [-0.1, -0.05) is 33.6 Å². The van der Waals surface area contributed by atoms with E-state index in [1.165, 1.54) is 13.8 Å². The zero-order valence-electron chi connectivity index (χ0n) is 12.0. The maximum atomic E-state index is 12.2. The average molecular weight is 317 g/mol. The van der Waals surface area contributed by atoms with Crippen LogP contribution in [-0.2, 0) is 23.9 Å². The Kier molecular flexibility index (Phi) is 6.37. The van der Waals surface area contributed by atoms with Crippen LogP contribution in [0.25, 0.3) is 0 Å². The lowest BCUT2D eigenvalue weighted by Crippen LogP contribution is -2.57. The lowest BCUT2D eigenvalue weighted by atomic mass is 10.0. The van der Waals surface area contributed by atoms with Gasteiger partial charge in [-0.25, -0.2) is 0 Å². The third-order valence-electron chi connectivity index (χ3n) is 2.76. The van der Waals surface area contributed by atoms with Crippen LogP contribution in [0.4, 0.5) is 0 Å². The Hall–Kier alpha value is -2.09. The third kappa shape index (κ3) is 4.19. The number of carbonyl (C=O) groups excluding carboxylic acids is 1. The number of carboxylic acid groups (broad SMARTS) is 1. The number of aliphatic carboxylic acids is 1. The van der Waals surface area contributed by atoms with Gasteiger partial charge >= 0.3 is 16.1 Å². The number of hydrogen-bond donors (Lipinski definition) is 2. The van der Waals surface area contributed by atoms with Crippen LogP contribution in [0.15, 0.2) is 37.6 Å². The summed E-state index contributed by atoms with van der Waals surface area (Å²) < 4.78 is 28.9. The maximum Gasteiger partial charge on any atom is 0.337 e. The lowest BCUT2D eigenvalue weighted by molar-refractivity contribution is -0.137. The van der Waals surface area contributed by atoms with Gasteiger partial charge in [0.2, 0.25) is 5.91 Å². The van der Waals surface area contributed by atoms with Crippen LogP contribution in [0.3, 0.4) is 0 Å². The van der Waals surface area contributed by atoms with E-state index in [1.54, 1.807) is 0 Å². The molecule has 0 aliphatic rings. The molecule has 0 fully saturated rings. The number of nitrogens with one attached hydrogen (secondary N) is 1. The molecule has 0 radical (unpaired) electrons. The second-order valence-corrected chi connectivity index (χ2v) is 6.27. The molecule has 0 bridgehead atoms. The summed E-state index contributed by atoms with van der Waals surface area (Å²) in [6.07, 6.45) is 1.12. The number of amides is 1. The van der Waals surface area contributed by atoms with E-state index in [9.17, 15) is 18.0 Å². The van der Waals surface area contributed by atoms with E-state index in [0.29, 0.717) is 6.26 Å². The van der Waals surface area contributed by atoms with E-state index in [4.69, 9.17) is 5.11 Å². The van der Waals surface area contributed by atoms with Crippen molar-refractivity contribution in [3.63, 3.8) is 0 Å². The second-order valence-electron chi connectivity index (χ2n) is 4.50. The van der Waals surface area contributed by atoms with Crippen molar-refractivity contribution < 1.29 is 27.3 Å². The van der Waals surface area contributed by atoms with Gasteiger partial charge in [-0.05, 0) is 12.0 Å². The van der Waals surface area contributed by atoms with Crippen molar-refractivity contribution in [2.45, 2.75) is 25.1 Å². The molecule has 0 rings (SSSR count). The quantitative estimate of drug-likeness (QED) is 0.286. The summed E-state index contributed by atoms with van der Waals surface area (Å²) in [5, 5.41) is 10.9.